The molecule has 0 aliphatic rings. The van der Waals surface area contributed by atoms with Crippen molar-refractivity contribution in [3.63, 3.8) is 0 Å². The minimum absolute atomic E-state index is 0.119. The van der Waals surface area contributed by atoms with Crippen molar-refractivity contribution >= 4 is 27.7 Å². The third-order valence-electron chi connectivity index (χ3n) is 2.97. The van der Waals surface area contributed by atoms with Gasteiger partial charge in [0.25, 0.3) is 5.78 Å². The van der Waals surface area contributed by atoms with Crippen LogP contribution in [0.5, 0.6) is 5.75 Å². The van der Waals surface area contributed by atoms with Crippen LogP contribution >= 0.6 is 15.9 Å². The van der Waals surface area contributed by atoms with Crippen LogP contribution in [-0.2, 0) is 11.4 Å². The lowest BCUT2D eigenvalue weighted by molar-refractivity contribution is -0.131. The van der Waals surface area contributed by atoms with E-state index in [0.717, 1.165) is 5.56 Å². The molecule has 0 aliphatic heterocycles. The number of hydrogen-bond donors (Lipinski definition) is 1. The number of hydrogen-bond acceptors (Lipinski definition) is 3. The Morgan fingerprint density at radius 2 is 1.81 bits per heavy atom. The number of rotatable bonds is 5. The Balaban J connectivity index is 2.27. The summed E-state index contributed by atoms with van der Waals surface area (Å²) in [6.07, 6.45) is 0. The molecule has 0 aromatic heterocycles. The van der Waals surface area contributed by atoms with Crippen LogP contribution in [0.15, 0.2) is 46.9 Å². The predicted molar refractivity (Wildman–Crippen MR) is 81.6 cm³/mol. The van der Waals surface area contributed by atoms with E-state index in [4.69, 9.17) is 9.84 Å². The first-order chi connectivity index (χ1) is 10.0. The smallest absolute Gasteiger partial charge is 0.377 e. The number of aryl methyl sites for hydroxylation is 1. The minimum atomic E-state index is -1.49. The molecule has 2 aromatic carbocycles. The molecule has 0 atom stereocenters. The molecule has 0 unspecified atom stereocenters. The fourth-order valence-corrected chi connectivity index (χ4v) is 2.63. The molecule has 5 heteroatoms. The number of halogens is 1. The fourth-order valence-electron chi connectivity index (χ4n) is 1.89. The summed E-state index contributed by atoms with van der Waals surface area (Å²) in [5.74, 6) is -2.00. The first kappa shape index (κ1) is 15.3. The highest BCUT2D eigenvalue weighted by Gasteiger charge is 2.22. The zero-order chi connectivity index (χ0) is 15.4. The zero-order valence-corrected chi connectivity index (χ0v) is 12.9. The van der Waals surface area contributed by atoms with Crippen LogP contribution in [0.25, 0.3) is 0 Å². The molecular formula is C16H13BrO4. The normalized spacial score (nSPS) is 10.2. The summed E-state index contributed by atoms with van der Waals surface area (Å²) in [7, 11) is 0. The Morgan fingerprint density at radius 1 is 1.14 bits per heavy atom. The number of carboxylic acid groups (broad SMARTS) is 1. The van der Waals surface area contributed by atoms with E-state index in [2.05, 4.69) is 15.9 Å². The van der Waals surface area contributed by atoms with Gasteiger partial charge in [-0.2, -0.15) is 0 Å². The Hall–Kier alpha value is -2.14. The van der Waals surface area contributed by atoms with Gasteiger partial charge >= 0.3 is 5.97 Å². The maximum Gasteiger partial charge on any atom is 0.377 e. The summed E-state index contributed by atoms with van der Waals surface area (Å²) in [5, 5.41) is 8.87. The van der Waals surface area contributed by atoms with Crippen molar-refractivity contribution in [1.29, 1.82) is 0 Å². The number of carbonyl (C=O) groups excluding carboxylic acids is 1. The van der Waals surface area contributed by atoms with Crippen LogP contribution in [0.3, 0.4) is 0 Å². The van der Waals surface area contributed by atoms with Crippen molar-refractivity contribution in [1.82, 2.24) is 0 Å². The third-order valence-corrected chi connectivity index (χ3v) is 3.76. The quantitative estimate of drug-likeness (QED) is 0.662. The van der Waals surface area contributed by atoms with Crippen LogP contribution in [0, 0.1) is 6.92 Å². The van der Waals surface area contributed by atoms with E-state index in [9.17, 15) is 9.59 Å². The Labute approximate surface area is 130 Å². The molecular weight excluding hydrogens is 336 g/mol. The topological polar surface area (TPSA) is 63.6 Å². The van der Waals surface area contributed by atoms with Crippen LogP contribution in [0.4, 0.5) is 0 Å². The van der Waals surface area contributed by atoms with Crippen molar-refractivity contribution < 1.29 is 19.4 Å². The number of benzene rings is 2. The average molecular weight is 349 g/mol. The first-order valence-corrected chi connectivity index (χ1v) is 7.03. The molecule has 2 aromatic rings. The molecule has 0 radical (unpaired) electrons. The summed E-state index contributed by atoms with van der Waals surface area (Å²) in [6, 6.07) is 12.9. The largest absolute Gasteiger partial charge is 0.488 e. The molecule has 0 fully saturated rings. The summed E-state index contributed by atoms with van der Waals surface area (Å²) in [6.45, 7) is 2.02. The lowest BCUT2D eigenvalue weighted by atomic mass is 10.0. The number of carboxylic acids is 1. The van der Waals surface area contributed by atoms with Gasteiger partial charge in [-0.3, -0.25) is 4.79 Å². The molecule has 0 saturated heterocycles. The molecule has 1 N–H and O–H groups in total. The molecule has 0 aliphatic carbocycles. The summed E-state index contributed by atoms with van der Waals surface area (Å²) in [4.78, 5) is 22.6. The van der Waals surface area contributed by atoms with Gasteiger partial charge in [0.1, 0.15) is 12.4 Å². The maximum atomic E-state index is 11.7. The summed E-state index contributed by atoms with van der Waals surface area (Å²) in [5.41, 5.74) is 1.69. The van der Waals surface area contributed by atoms with Gasteiger partial charge in [0.05, 0.1) is 10.0 Å². The van der Waals surface area contributed by atoms with Crippen LogP contribution in [0.2, 0.25) is 0 Å². The van der Waals surface area contributed by atoms with E-state index in [0.29, 0.717) is 22.4 Å². The van der Waals surface area contributed by atoms with E-state index in [1.807, 2.05) is 30.3 Å². The van der Waals surface area contributed by atoms with Crippen molar-refractivity contribution in [3.8, 4) is 5.75 Å². The molecule has 2 rings (SSSR count). The fraction of sp³-hybridized carbons (Fsp3) is 0.125. The highest BCUT2D eigenvalue weighted by atomic mass is 79.9. The lowest BCUT2D eigenvalue weighted by Crippen LogP contribution is -2.15. The molecule has 0 bridgehead atoms. The molecule has 21 heavy (non-hydrogen) atoms. The molecule has 0 saturated carbocycles. The Bertz CT molecular complexity index is 680. The summed E-state index contributed by atoms with van der Waals surface area (Å²) < 4.78 is 6.02. The monoisotopic (exact) mass is 348 g/mol. The highest BCUT2D eigenvalue weighted by Crippen LogP contribution is 2.32. The van der Waals surface area contributed by atoms with Crippen LogP contribution < -0.4 is 4.74 Å². The van der Waals surface area contributed by atoms with E-state index < -0.39 is 11.8 Å². The predicted octanol–water partition coefficient (Wildman–Crippen LogP) is 3.60. The van der Waals surface area contributed by atoms with Gasteiger partial charge in [-0.05, 0) is 40.0 Å². The zero-order valence-electron chi connectivity index (χ0n) is 11.3. The van der Waals surface area contributed by atoms with Crippen molar-refractivity contribution in [2.75, 3.05) is 0 Å². The van der Waals surface area contributed by atoms with E-state index in [-0.39, 0.29) is 5.56 Å². The molecule has 0 spiro atoms. The van der Waals surface area contributed by atoms with Gasteiger partial charge < -0.3 is 9.84 Å². The van der Waals surface area contributed by atoms with Gasteiger partial charge in [0, 0.05) is 0 Å². The molecule has 0 amide bonds. The van der Waals surface area contributed by atoms with Crippen molar-refractivity contribution in [3.05, 3.63) is 63.6 Å². The third kappa shape index (κ3) is 3.49. The number of ether oxygens (including phenoxy) is 1. The van der Waals surface area contributed by atoms with Crippen molar-refractivity contribution in [2.45, 2.75) is 13.5 Å². The maximum absolute atomic E-state index is 11.7. The Kier molecular flexibility index (Phi) is 4.75. The lowest BCUT2D eigenvalue weighted by Gasteiger charge is -2.12. The molecule has 4 nitrogen and oxygen atoms in total. The van der Waals surface area contributed by atoms with Crippen molar-refractivity contribution in [2.24, 2.45) is 0 Å². The molecule has 0 heterocycles. The van der Waals surface area contributed by atoms with E-state index in [1.54, 1.807) is 19.1 Å². The van der Waals surface area contributed by atoms with Gasteiger partial charge in [0.2, 0.25) is 0 Å². The van der Waals surface area contributed by atoms with Gasteiger partial charge in [-0.25, -0.2) is 4.79 Å². The number of Topliss-reactive ketones (excluding diaryl/α,β-unsaturated/α-hetero) is 1. The first-order valence-electron chi connectivity index (χ1n) is 6.24. The number of carbonyl (C=O) groups is 2. The second-order valence-corrected chi connectivity index (χ2v) is 5.27. The van der Waals surface area contributed by atoms with E-state index in [1.165, 1.54) is 0 Å². The standard InChI is InChI=1S/C16H13BrO4/c1-10-7-8-12(14(17)13(10)15(18)16(19)20)21-9-11-5-3-2-4-6-11/h2-8H,9H2,1H3,(H,19,20). The van der Waals surface area contributed by atoms with Gasteiger partial charge in [-0.1, -0.05) is 36.4 Å². The average Bonchev–Trinajstić information content (AvgIpc) is 2.47. The van der Waals surface area contributed by atoms with Gasteiger partial charge in [-0.15, -0.1) is 0 Å². The molecule has 108 valence electrons. The second kappa shape index (κ2) is 6.54. The van der Waals surface area contributed by atoms with Gasteiger partial charge in [0.15, 0.2) is 0 Å². The number of aliphatic carboxylic acids is 1. The SMILES string of the molecule is Cc1ccc(OCc2ccccc2)c(Br)c1C(=O)C(=O)O. The second-order valence-electron chi connectivity index (χ2n) is 4.48. The highest BCUT2D eigenvalue weighted by molar-refractivity contribution is 9.10. The Morgan fingerprint density at radius 3 is 2.43 bits per heavy atom. The summed E-state index contributed by atoms with van der Waals surface area (Å²) >= 11 is 3.27. The van der Waals surface area contributed by atoms with E-state index >= 15 is 0 Å². The number of ketones is 1. The minimum Gasteiger partial charge on any atom is -0.488 e. The van der Waals surface area contributed by atoms with Crippen LogP contribution in [-0.4, -0.2) is 16.9 Å². The van der Waals surface area contributed by atoms with Crippen LogP contribution in [0.1, 0.15) is 21.5 Å².